The average molecular weight is 319 g/mol. The van der Waals surface area contributed by atoms with E-state index < -0.39 is 0 Å². The molecule has 1 aliphatic heterocycles. The summed E-state index contributed by atoms with van der Waals surface area (Å²) in [4.78, 5) is 17.5. The van der Waals surface area contributed by atoms with E-state index in [1.807, 2.05) is 0 Å². The minimum atomic E-state index is -0.286. The molecule has 0 radical (unpaired) electrons. The standard InChI is InChI=1S/C18H25NO4/c1-11(2)18(12(3)4)22-17(21)10-15-9-16(19-23-15)13-5-7-14(20)8-6-13/h5-8,11-12,15,18,20H,9-10H2,1-4H3. The number of oxime groups is 1. The van der Waals surface area contributed by atoms with Gasteiger partial charge >= 0.3 is 5.97 Å². The molecular weight excluding hydrogens is 294 g/mol. The van der Waals surface area contributed by atoms with E-state index in [1.54, 1.807) is 24.3 Å². The number of aromatic hydroxyl groups is 1. The lowest BCUT2D eigenvalue weighted by atomic mass is 9.96. The fourth-order valence-corrected chi connectivity index (χ4v) is 2.79. The number of phenolic OH excluding ortho intramolecular Hbond substituents is 1. The SMILES string of the molecule is CC(C)C(OC(=O)CC1CC(c2ccc(O)cc2)=NO1)C(C)C. The smallest absolute Gasteiger partial charge is 0.309 e. The molecule has 0 saturated heterocycles. The van der Waals surface area contributed by atoms with Crippen molar-refractivity contribution in [3.8, 4) is 5.75 Å². The zero-order valence-electron chi connectivity index (χ0n) is 14.2. The molecule has 1 atom stereocenters. The quantitative estimate of drug-likeness (QED) is 0.815. The Hall–Kier alpha value is -2.04. The lowest BCUT2D eigenvalue weighted by Crippen LogP contribution is -2.30. The molecule has 1 heterocycles. The fraction of sp³-hybridized carbons (Fsp3) is 0.556. The van der Waals surface area contributed by atoms with Crippen LogP contribution in [0.3, 0.4) is 0 Å². The van der Waals surface area contributed by atoms with Gasteiger partial charge in [-0.25, -0.2) is 0 Å². The molecule has 0 fully saturated rings. The second kappa shape index (κ2) is 7.49. The van der Waals surface area contributed by atoms with Gasteiger partial charge in [-0.2, -0.15) is 0 Å². The van der Waals surface area contributed by atoms with Gasteiger partial charge in [0.1, 0.15) is 18.0 Å². The molecule has 0 saturated carbocycles. The van der Waals surface area contributed by atoms with Crippen molar-refractivity contribution in [1.82, 2.24) is 0 Å². The van der Waals surface area contributed by atoms with E-state index in [9.17, 15) is 9.90 Å². The zero-order chi connectivity index (χ0) is 17.0. The summed E-state index contributed by atoms with van der Waals surface area (Å²) in [6, 6.07) is 6.78. The number of rotatable bonds is 6. The molecule has 126 valence electrons. The van der Waals surface area contributed by atoms with E-state index in [2.05, 4.69) is 32.9 Å². The zero-order valence-corrected chi connectivity index (χ0v) is 14.2. The van der Waals surface area contributed by atoms with Crippen LogP contribution in [0.4, 0.5) is 0 Å². The third-order valence-corrected chi connectivity index (χ3v) is 3.91. The predicted molar refractivity (Wildman–Crippen MR) is 88.3 cm³/mol. The highest BCUT2D eigenvalue weighted by Gasteiger charge is 2.28. The number of hydrogen-bond acceptors (Lipinski definition) is 5. The van der Waals surface area contributed by atoms with Crippen LogP contribution in [0.25, 0.3) is 0 Å². The van der Waals surface area contributed by atoms with Crippen LogP contribution in [-0.4, -0.2) is 29.0 Å². The molecule has 23 heavy (non-hydrogen) atoms. The number of nitrogens with zero attached hydrogens (tertiary/aromatic N) is 1. The predicted octanol–water partition coefficient (Wildman–Crippen LogP) is 3.50. The second-order valence-electron chi connectivity index (χ2n) is 6.66. The number of carbonyl (C=O) groups is 1. The van der Waals surface area contributed by atoms with Gasteiger partial charge in [0.15, 0.2) is 0 Å². The Kier molecular flexibility index (Phi) is 5.64. The van der Waals surface area contributed by atoms with Gasteiger partial charge in [0.25, 0.3) is 0 Å². The molecule has 0 aliphatic carbocycles. The fourth-order valence-electron chi connectivity index (χ4n) is 2.79. The summed E-state index contributed by atoms with van der Waals surface area (Å²) < 4.78 is 5.59. The molecule has 1 aromatic carbocycles. The monoisotopic (exact) mass is 319 g/mol. The second-order valence-corrected chi connectivity index (χ2v) is 6.66. The summed E-state index contributed by atoms with van der Waals surface area (Å²) in [5, 5.41) is 13.4. The molecule has 5 nitrogen and oxygen atoms in total. The number of benzene rings is 1. The van der Waals surface area contributed by atoms with E-state index in [0.29, 0.717) is 6.42 Å². The summed E-state index contributed by atoms with van der Waals surface area (Å²) >= 11 is 0. The van der Waals surface area contributed by atoms with Crippen molar-refractivity contribution in [2.75, 3.05) is 0 Å². The number of ether oxygens (including phenoxy) is 1. The van der Waals surface area contributed by atoms with Crippen molar-refractivity contribution in [2.24, 2.45) is 17.0 Å². The Morgan fingerprint density at radius 2 is 1.87 bits per heavy atom. The van der Waals surface area contributed by atoms with Crippen molar-refractivity contribution in [3.63, 3.8) is 0 Å². The minimum Gasteiger partial charge on any atom is -0.508 e. The highest BCUT2D eigenvalue weighted by atomic mass is 16.6. The van der Waals surface area contributed by atoms with Gasteiger partial charge in [0, 0.05) is 6.42 Å². The van der Waals surface area contributed by atoms with Crippen molar-refractivity contribution >= 4 is 11.7 Å². The average Bonchev–Trinajstić information content (AvgIpc) is 2.93. The van der Waals surface area contributed by atoms with Crippen molar-refractivity contribution in [1.29, 1.82) is 0 Å². The first-order chi connectivity index (χ1) is 10.9. The maximum absolute atomic E-state index is 12.1. The van der Waals surface area contributed by atoms with E-state index in [1.165, 1.54) is 0 Å². The number of phenols is 1. The van der Waals surface area contributed by atoms with Crippen LogP contribution in [-0.2, 0) is 14.4 Å². The molecule has 0 spiro atoms. The van der Waals surface area contributed by atoms with Gasteiger partial charge in [-0.15, -0.1) is 0 Å². The van der Waals surface area contributed by atoms with Gasteiger partial charge in [0.2, 0.25) is 0 Å². The van der Waals surface area contributed by atoms with Crippen LogP contribution in [0.1, 0.15) is 46.1 Å². The summed E-state index contributed by atoms with van der Waals surface area (Å²) in [5.74, 6) is 0.533. The first-order valence-electron chi connectivity index (χ1n) is 8.08. The van der Waals surface area contributed by atoms with Crippen LogP contribution in [0.2, 0.25) is 0 Å². The van der Waals surface area contributed by atoms with Crippen LogP contribution in [0, 0.1) is 11.8 Å². The summed E-state index contributed by atoms with van der Waals surface area (Å²) in [7, 11) is 0. The lowest BCUT2D eigenvalue weighted by molar-refractivity contribution is -0.156. The van der Waals surface area contributed by atoms with Gasteiger partial charge in [0.05, 0.1) is 12.1 Å². The van der Waals surface area contributed by atoms with Gasteiger partial charge in [-0.05, 0) is 41.7 Å². The molecule has 1 aliphatic rings. The van der Waals surface area contributed by atoms with Crippen molar-refractivity contribution in [3.05, 3.63) is 29.8 Å². The van der Waals surface area contributed by atoms with E-state index in [4.69, 9.17) is 9.57 Å². The van der Waals surface area contributed by atoms with Crippen molar-refractivity contribution < 1.29 is 19.5 Å². The summed E-state index contributed by atoms with van der Waals surface area (Å²) in [6.07, 6.45) is 0.391. The Morgan fingerprint density at radius 3 is 2.43 bits per heavy atom. The van der Waals surface area contributed by atoms with E-state index in [0.717, 1.165) is 11.3 Å². The van der Waals surface area contributed by atoms with Gasteiger partial charge < -0.3 is 14.7 Å². The van der Waals surface area contributed by atoms with E-state index >= 15 is 0 Å². The van der Waals surface area contributed by atoms with Gasteiger partial charge in [-0.1, -0.05) is 32.9 Å². The number of carbonyl (C=O) groups excluding carboxylic acids is 1. The molecule has 0 amide bonds. The number of esters is 1. The summed E-state index contributed by atoms with van der Waals surface area (Å²) in [6.45, 7) is 8.21. The summed E-state index contributed by atoms with van der Waals surface area (Å²) in [5.41, 5.74) is 1.67. The third-order valence-electron chi connectivity index (χ3n) is 3.91. The minimum absolute atomic E-state index is 0.0820. The van der Waals surface area contributed by atoms with Crippen molar-refractivity contribution in [2.45, 2.75) is 52.7 Å². The molecule has 1 aromatic rings. The highest BCUT2D eigenvalue weighted by molar-refractivity contribution is 6.01. The Bertz CT molecular complexity index is 555. The molecule has 1 N–H and O–H groups in total. The first kappa shape index (κ1) is 17.3. The largest absolute Gasteiger partial charge is 0.508 e. The highest BCUT2D eigenvalue weighted by Crippen LogP contribution is 2.22. The molecule has 0 bridgehead atoms. The molecular formula is C18H25NO4. The topological polar surface area (TPSA) is 68.1 Å². The molecule has 5 heteroatoms. The molecule has 1 unspecified atom stereocenters. The van der Waals surface area contributed by atoms with Crippen LogP contribution < -0.4 is 0 Å². The lowest BCUT2D eigenvalue weighted by Gasteiger charge is -2.25. The van der Waals surface area contributed by atoms with Crippen LogP contribution >= 0.6 is 0 Å². The number of hydrogen-bond donors (Lipinski definition) is 1. The third kappa shape index (κ3) is 4.71. The van der Waals surface area contributed by atoms with Gasteiger partial charge in [-0.3, -0.25) is 4.79 Å². The maximum Gasteiger partial charge on any atom is 0.309 e. The normalized spacial score (nSPS) is 17.5. The Morgan fingerprint density at radius 1 is 1.26 bits per heavy atom. The van der Waals surface area contributed by atoms with E-state index in [-0.39, 0.29) is 42.2 Å². The Balaban J connectivity index is 1.86. The molecule has 0 aromatic heterocycles. The maximum atomic E-state index is 12.1. The Labute approximate surface area is 137 Å². The van der Waals surface area contributed by atoms with Crippen LogP contribution in [0.5, 0.6) is 5.75 Å². The van der Waals surface area contributed by atoms with Crippen LogP contribution in [0.15, 0.2) is 29.4 Å². The molecule has 2 rings (SSSR count). The first-order valence-corrected chi connectivity index (χ1v) is 8.08.